The van der Waals surface area contributed by atoms with Crippen molar-refractivity contribution in [3.05, 3.63) is 22.6 Å². The van der Waals surface area contributed by atoms with E-state index in [1.54, 1.807) is 0 Å². The van der Waals surface area contributed by atoms with Crippen LogP contribution in [0, 0.1) is 0 Å². The van der Waals surface area contributed by atoms with Crippen LogP contribution in [0.25, 0.3) is 0 Å². The van der Waals surface area contributed by atoms with Gasteiger partial charge in [0, 0.05) is 13.1 Å². The van der Waals surface area contributed by atoms with Gasteiger partial charge in [-0.25, -0.2) is 0 Å². The second-order valence-electron chi connectivity index (χ2n) is 4.03. The van der Waals surface area contributed by atoms with Crippen molar-refractivity contribution >= 4 is 27.8 Å². The first-order valence-electron chi connectivity index (χ1n) is 5.30. The van der Waals surface area contributed by atoms with Gasteiger partial charge in [0.2, 0.25) is 0 Å². The third-order valence-electron chi connectivity index (χ3n) is 2.28. The molecule has 0 radical (unpaired) electrons. The minimum absolute atomic E-state index is 0.313. The number of hydrogen-bond donors (Lipinski definition) is 1. The molecular weight excluding hydrogens is 304 g/mol. The number of furan rings is 1. The van der Waals surface area contributed by atoms with E-state index in [9.17, 15) is 9.59 Å². The van der Waals surface area contributed by atoms with E-state index in [1.807, 2.05) is 19.0 Å². The molecule has 0 fully saturated rings. The number of hydrogen-bond acceptors (Lipinski definition) is 4. The standard InChI is InChI=1S/C11H15BrN2O4/c1-13(2)4-5-14(7-9(15)16)11(17)8-3-6-18-10(8)12/h3,6H,4-5,7H2,1-2H3,(H,15,16). The number of likely N-dealkylation sites (N-methyl/N-ethyl adjacent to an activating group) is 1. The second kappa shape index (κ2) is 6.55. The van der Waals surface area contributed by atoms with Crippen LogP contribution >= 0.6 is 15.9 Å². The molecule has 0 aliphatic carbocycles. The Balaban J connectivity index is 2.79. The van der Waals surface area contributed by atoms with Gasteiger partial charge in [-0.3, -0.25) is 9.59 Å². The number of carboxylic acids is 1. The topological polar surface area (TPSA) is 74.0 Å². The van der Waals surface area contributed by atoms with E-state index in [1.165, 1.54) is 17.2 Å². The highest BCUT2D eigenvalue weighted by Gasteiger charge is 2.21. The van der Waals surface area contributed by atoms with Gasteiger partial charge in [0.1, 0.15) is 6.54 Å². The molecule has 0 aromatic carbocycles. The van der Waals surface area contributed by atoms with Gasteiger partial charge < -0.3 is 19.3 Å². The number of aliphatic carboxylic acids is 1. The molecule has 0 unspecified atom stereocenters. The van der Waals surface area contributed by atoms with Crippen molar-refractivity contribution < 1.29 is 19.1 Å². The predicted octanol–water partition coefficient (Wildman–Crippen LogP) is 1.13. The van der Waals surface area contributed by atoms with Crippen molar-refractivity contribution in [2.45, 2.75) is 0 Å². The van der Waals surface area contributed by atoms with E-state index < -0.39 is 5.97 Å². The molecule has 0 aliphatic rings. The summed E-state index contributed by atoms with van der Waals surface area (Å²) in [5, 5.41) is 8.82. The molecule has 0 saturated heterocycles. The summed E-state index contributed by atoms with van der Waals surface area (Å²) in [6, 6.07) is 1.51. The highest BCUT2D eigenvalue weighted by atomic mass is 79.9. The van der Waals surface area contributed by atoms with Crippen LogP contribution in [0.15, 0.2) is 21.4 Å². The zero-order valence-electron chi connectivity index (χ0n) is 10.2. The molecule has 18 heavy (non-hydrogen) atoms. The van der Waals surface area contributed by atoms with Crippen molar-refractivity contribution in [2.24, 2.45) is 0 Å². The summed E-state index contributed by atoms with van der Waals surface area (Å²) in [4.78, 5) is 26.1. The Labute approximate surface area is 113 Å². The molecule has 6 nitrogen and oxygen atoms in total. The largest absolute Gasteiger partial charge is 0.480 e. The maximum absolute atomic E-state index is 12.1. The minimum Gasteiger partial charge on any atom is -0.480 e. The van der Waals surface area contributed by atoms with Gasteiger partial charge in [-0.1, -0.05) is 0 Å². The first-order chi connectivity index (χ1) is 8.41. The summed E-state index contributed by atoms with van der Waals surface area (Å²) in [5.74, 6) is -1.40. The smallest absolute Gasteiger partial charge is 0.323 e. The fourth-order valence-electron chi connectivity index (χ4n) is 1.35. The molecule has 7 heteroatoms. The minimum atomic E-state index is -1.04. The molecule has 0 saturated carbocycles. The van der Waals surface area contributed by atoms with Crippen LogP contribution in [0.3, 0.4) is 0 Å². The third kappa shape index (κ3) is 4.15. The molecule has 1 aromatic rings. The molecule has 0 spiro atoms. The van der Waals surface area contributed by atoms with E-state index in [-0.39, 0.29) is 12.5 Å². The van der Waals surface area contributed by atoms with Gasteiger partial charge in [0.15, 0.2) is 4.67 Å². The van der Waals surface area contributed by atoms with Crippen LogP contribution < -0.4 is 0 Å². The number of carbonyl (C=O) groups is 2. The Hall–Kier alpha value is -1.34. The van der Waals surface area contributed by atoms with E-state index in [4.69, 9.17) is 9.52 Å². The van der Waals surface area contributed by atoms with Gasteiger partial charge in [-0.05, 0) is 36.1 Å². The number of rotatable bonds is 6. The lowest BCUT2D eigenvalue weighted by Crippen LogP contribution is -2.40. The summed E-state index contributed by atoms with van der Waals surface area (Å²) in [6.45, 7) is 0.606. The molecular formula is C11H15BrN2O4. The highest BCUT2D eigenvalue weighted by molar-refractivity contribution is 9.10. The number of halogens is 1. The summed E-state index contributed by atoms with van der Waals surface area (Å²) in [5.41, 5.74) is 0.329. The average Bonchev–Trinajstić information content (AvgIpc) is 2.69. The van der Waals surface area contributed by atoms with Crippen LogP contribution in [0.4, 0.5) is 0 Å². The van der Waals surface area contributed by atoms with E-state index in [2.05, 4.69) is 15.9 Å². The fourth-order valence-corrected chi connectivity index (χ4v) is 1.76. The summed E-state index contributed by atoms with van der Waals surface area (Å²) in [7, 11) is 3.72. The predicted molar refractivity (Wildman–Crippen MR) is 68.5 cm³/mol. The van der Waals surface area contributed by atoms with Crippen molar-refractivity contribution in [1.82, 2.24) is 9.80 Å². The zero-order chi connectivity index (χ0) is 13.7. The van der Waals surface area contributed by atoms with Crippen LogP contribution in [0.5, 0.6) is 0 Å². The molecule has 1 heterocycles. The average molecular weight is 319 g/mol. The van der Waals surface area contributed by atoms with Crippen LogP contribution in [-0.2, 0) is 4.79 Å². The number of nitrogens with zero attached hydrogens (tertiary/aromatic N) is 2. The highest BCUT2D eigenvalue weighted by Crippen LogP contribution is 2.19. The lowest BCUT2D eigenvalue weighted by Gasteiger charge is -2.22. The molecule has 1 N–H and O–H groups in total. The van der Waals surface area contributed by atoms with Crippen LogP contribution in [0.1, 0.15) is 10.4 Å². The monoisotopic (exact) mass is 318 g/mol. The quantitative estimate of drug-likeness (QED) is 0.851. The van der Waals surface area contributed by atoms with E-state index in [0.29, 0.717) is 23.3 Å². The van der Waals surface area contributed by atoms with Crippen LogP contribution in [0.2, 0.25) is 0 Å². The molecule has 0 atom stereocenters. The van der Waals surface area contributed by atoms with Crippen molar-refractivity contribution in [3.63, 3.8) is 0 Å². The van der Waals surface area contributed by atoms with Crippen molar-refractivity contribution in [2.75, 3.05) is 33.7 Å². The lowest BCUT2D eigenvalue weighted by atomic mass is 10.3. The maximum Gasteiger partial charge on any atom is 0.323 e. The van der Waals surface area contributed by atoms with E-state index in [0.717, 1.165) is 0 Å². The molecule has 0 aliphatic heterocycles. The first kappa shape index (κ1) is 14.7. The summed E-state index contributed by atoms with van der Waals surface area (Å²) in [6.07, 6.45) is 1.38. The normalized spacial score (nSPS) is 10.7. The van der Waals surface area contributed by atoms with Crippen LogP contribution in [-0.4, -0.2) is 60.5 Å². The van der Waals surface area contributed by atoms with Crippen molar-refractivity contribution in [1.29, 1.82) is 0 Å². The molecule has 1 amide bonds. The number of carboxylic acid groups (broad SMARTS) is 1. The zero-order valence-corrected chi connectivity index (χ0v) is 11.8. The van der Waals surface area contributed by atoms with Gasteiger partial charge in [0.05, 0.1) is 11.8 Å². The molecule has 100 valence electrons. The molecule has 0 bridgehead atoms. The van der Waals surface area contributed by atoms with Gasteiger partial charge in [-0.2, -0.15) is 0 Å². The van der Waals surface area contributed by atoms with Gasteiger partial charge in [-0.15, -0.1) is 0 Å². The number of carbonyl (C=O) groups excluding carboxylic acids is 1. The Morgan fingerprint density at radius 1 is 1.39 bits per heavy atom. The van der Waals surface area contributed by atoms with Crippen molar-refractivity contribution in [3.8, 4) is 0 Å². The van der Waals surface area contributed by atoms with Gasteiger partial charge >= 0.3 is 5.97 Å². The van der Waals surface area contributed by atoms with Gasteiger partial charge in [0.25, 0.3) is 5.91 Å². The SMILES string of the molecule is CN(C)CCN(CC(=O)O)C(=O)c1ccoc1Br. The summed E-state index contributed by atoms with van der Waals surface area (Å²) < 4.78 is 5.29. The number of amides is 1. The Kier molecular flexibility index (Phi) is 5.36. The van der Waals surface area contributed by atoms with E-state index >= 15 is 0 Å². The Bertz CT molecular complexity index is 430. The third-order valence-corrected chi connectivity index (χ3v) is 2.89. The lowest BCUT2D eigenvalue weighted by molar-refractivity contribution is -0.137. The Morgan fingerprint density at radius 3 is 2.50 bits per heavy atom. The Morgan fingerprint density at radius 2 is 2.06 bits per heavy atom. The summed E-state index contributed by atoms with van der Waals surface area (Å²) >= 11 is 3.11. The molecule has 1 aromatic heterocycles. The first-order valence-corrected chi connectivity index (χ1v) is 6.10. The molecule has 1 rings (SSSR count). The maximum atomic E-state index is 12.1. The fraction of sp³-hybridized carbons (Fsp3) is 0.455. The second-order valence-corrected chi connectivity index (χ2v) is 4.75.